The lowest BCUT2D eigenvalue weighted by Gasteiger charge is -2.26. The molecule has 5 heteroatoms. The highest BCUT2D eigenvalue weighted by atomic mass is 16.1. The summed E-state index contributed by atoms with van der Waals surface area (Å²) < 4.78 is 0. The maximum absolute atomic E-state index is 12.0. The Morgan fingerprint density at radius 3 is 2.74 bits per heavy atom. The summed E-state index contributed by atoms with van der Waals surface area (Å²) in [6, 6.07) is 0. The number of carbonyl (C=O) groups is 1. The molecule has 2 N–H and O–H groups in total. The molecule has 0 spiro atoms. The highest BCUT2D eigenvalue weighted by Gasteiger charge is 2.19. The molecule has 104 valence electrons. The van der Waals surface area contributed by atoms with Crippen molar-refractivity contribution in [3.05, 3.63) is 18.1 Å². The van der Waals surface area contributed by atoms with Crippen molar-refractivity contribution >= 4 is 11.7 Å². The van der Waals surface area contributed by atoms with Crippen LogP contribution in [0.1, 0.15) is 43.1 Å². The quantitative estimate of drug-likeness (QED) is 0.871. The maximum Gasteiger partial charge on any atom is 0.271 e. The number of carbonyl (C=O) groups excluding carboxylic acids is 1. The number of hydrogen-bond acceptors (Lipinski definition) is 4. The zero-order chi connectivity index (χ0) is 13.7. The Morgan fingerprint density at radius 1 is 1.32 bits per heavy atom. The SMILES string of the molecule is CNc1cncc(C(=O)NCC2CCC(C)CC2)n1. The van der Waals surface area contributed by atoms with E-state index >= 15 is 0 Å². The van der Waals surface area contributed by atoms with Crippen molar-refractivity contribution in [2.24, 2.45) is 11.8 Å². The van der Waals surface area contributed by atoms with E-state index in [1.54, 1.807) is 13.2 Å². The van der Waals surface area contributed by atoms with Crippen LogP contribution < -0.4 is 10.6 Å². The second-order valence-electron chi connectivity index (χ2n) is 5.38. The molecule has 1 aliphatic carbocycles. The van der Waals surface area contributed by atoms with Gasteiger partial charge in [-0.1, -0.05) is 19.8 Å². The van der Waals surface area contributed by atoms with Crippen molar-refractivity contribution in [2.75, 3.05) is 18.9 Å². The number of rotatable bonds is 4. The van der Waals surface area contributed by atoms with E-state index in [-0.39, 0.29) is 5.91 Å². The third-order valence-corrected chi connectivity index (χ3v) is 3.81. The first-order valence-electron chi connectivity index (χ1n) is 6.97. The molecule has 1 aromatic heterocycles. The number of nitrogens with zero attached hydrogens (tertiary/aromatic N) is 2. The van der Waals surface area contributed by atoms with Crippen molar-refractivity contribution in [2.45, 2.75) is 32.6 Å². The van der Waals surface area contributed by atoms with E-state index in [1.807, 2.05) is 0 Å². The molecule has 2 rings (SSSR count). The van der Waals surface area contributed by atoms with Crippen molar-refractivity contribution < 1.29 is 4.79 Å². The van der Waals surface area contributed by atoms with Crippen molar-refractivity contribution in [1.82, 2.24) is 15.3 Å². The van der Waals surface area contributed by atoms with Crippen LogP contribution in [0.2, 0.25) is 0 Å². The molecule has 0 bridgehead atoms. The van der Waals surface area contributed by atoms with E-state index in [9.17, 15) is 4.79 Å². The summed E-state index contributed by atoms with van der Waals surface area (Å²) >= 11 is 0. The summed E-state index contributed by atoms with van der Waals surface area (Å²) in [5.74, 6) is 1.92. The van der Waals surface area contributed by atoms with E-state index < -0.39 is 0 Å². The Morgan fingerprint density at radius 2 is 2.05 bits per heavy atom. The largest absolute Gasteiger partial charge is 0.372 e. The van der Waals surface area contributed by atoms with Crippen LogP contribution in [0.5, 0.6) is 0 Å². The summed E-state index contributed by atoms with van der Waals surface area (Å²) in [5, 5.41) is 5.84. The first-order valence-corrected chi connectivity index (χ1v) is 6.97. The average Bonchev–Trinajstić information content (AvgIpc) is 2.46. The minimum absolute atomic E-state index is 0.136. The molecule has 1 aliphatic rings. The summed E-state index contributed by atoms with van der Waals surface area (Å²) in [6.45, 7) is 3.05. The van der Waals surface area contributed by atoms with Gasteiger partial charge in [0.2, 0.25) is 0 Å². The third-order valence-electron chi connectivity index (χ3n) is 3.81. The fourth-order valence-electron chi connectivity index (χ4n) is 2.46. The minimum atomic E-state index is -0.136. The van der Waals surface area contributed by atoms with Gasteiger partial charge < -0.3 is 10.6 Å². The van der Waals surface area contributed by atoms with Gasteiger partial charge in [0.15, 0.2) is 0 Å². The Bertz CT molecular complexity index is 427. The lowest BCUT2D eigenvalue weighted by atomic mass is 9.83. The standard InChI is InChI=1S/C14H22N4O/c1-10-3-5-11(6-4-10)7-17-14(19)12-8-16-9-13(15-2)18-12/h8-11H,3-7H2,1-2H3,(H,15,18)(H,17,19). The van der Waals surface area contributed by atoms with Gasteiger partial charge in [-0.2, -0.15) is 0 Å². The molecular formula is C14H22N4O. The lowest BCUT2D eigenvalue weighted by molar-refractivity contribution is 0.0936. The zero-order valence-corrected chi connectivity index (χ0v) is 11.6. The normalized spacial score (nSPS) is 22.8. The van der Waals surface area contributed by atoms with E-state index in [0.29, 0.717) is 17.4 Å². The third kappa shape index (κ3) is 3.91. The zero-order valence-electron chi connectivity index (χ0n) is 11.6. The van der Waals surface area contributed by atoms with Crippen LogP contribution in [0.25, 0.3) is 0 Å². The van der Waals surface area contributed by atoms with Crippen LogP contribution in [0.3, 0.4) is 0 Å². The number of aromatic nitrogens is 2. The van der Waals surface area contributed by atoms with Crippen molar-refractivity contribution in [3.8, 4) is 0 Å². The summed E-state index contributed by atoms with van der Waals surface area (Å²) in [6.07, 6.45) is 8.07. The highest BCUT2D eigenvalue weighted by molar-refractivity contribution is 5.92. The molecular weight excluding hydrogens is 240 g/mol. The summed E-state index contributed by atoms with van der Waals surface area (Å²) in [5.41, 5.74) is 0.371. The Kier molecular flexibility index (Phi) is 4.71. The molecule has 0 unspecified atom stereocenters. The van der Waals surface area contributed by atoms with E-state index in [4.69, 9.17) is 0 Å². The smallest absolute Gasteiger partial charge is 0.271 e. The van der Waals surface area contributed by atoms with Gasteiger partial charge in [0.05, 0.1) is 12.4 Å². The molecule has 1 fully saturated rings. The number of hydrogen-bond donors (Lipinski definition) is 2. The molecule has 0 aliphatic heterocycles. The van der Waals surface area contributed by atoms with Gasteiger partial charge in [-0.3, -0.25) is 9.78 Å². The van der Waals surface area contributed by atoms with Gasteiger partial charge in [0.1, 0.15) is 11.5 Å². The van der Waals surface area contributed by atoms with Gasteiger partial charge in [-0.25, -0.2) is 4.98 Å². The first-order chi connectivity index (χ1) is 9.19. The molecule has 19 heavy (non-hydrogen) atoms. The Labute approximate surface area is 114 Å². The minimum Gasteiger partial charge on any atom is -0.372 e. The fraction of sp³-hybridized carbons (Fsp3) is 0.643. The molecule has 1 saturated carbocycles. The highest BCUT2D eigenvalue weighted by Crippen LogP contribution is 2.27. The maximum atomic E-state index is 12.0. The predicted molar refractivity (Wildman–Crippen MR) is 75.0 cm³/mol. The lowest BCUT2D eigenvalue weighted by Crippen LogP contribution is -2.31. The summed E-state index contributed by atoms with van der Waals surface area (Å²) in [7, 11) is 1.76. The van der Waals surface area contributed by atoms with Crippen LogP contribution in [-0.2, 0) is 0 Å². The average molecular weight is 262 g/mol. The second kappa shape index (κ2) is 6.50. The predicted octanol–water partition coefficient (Wildman–Crippen LogP) is 2.07. The number of nitrogens with one attached hydrogen (secondary N) is 2. The van der Waals surface area contributed by atoms with Crippen molar-refractivity contribution in [3.63, 3.8) is 0 Å². The first kappa shape index (κ1) is 13.8. The molecule has 0 aromatic carbocycles. The van der Waals surface area contributed by atoms with Crippen LogP contribution in [-0.4, -0.2) is 29.5 Å². The number of amides is 1. The van der Waals surface area contributed by atoms with Gasteiger partial charge >= 0.3 is 0 Å². The monoisotopic (exact) mass is 262 g/mol. The van der Waals surface area contributed by atoms with E-state index in [1.165, 1.54) is 31.9 Å². The van der Waals surface area contributed by atoms with Crippen molar-refractivity contribution in [1.29, 1.82) is 0 Å². The molecule has 0 saturated heterocycles. The Balaban J connectivity index is 1.83. The van der Waals surface area contributed by atoms with Gasteiger partial charge in [0.25, 0.3) is 5.91 Å². The van der Waals surface area contributed by atoms with Crippen LogP contribution in [0.4, 0.5) is 5.82 Å². The Hall–Kier alpha value is -1.65. The molecule has 0 atom stereocenters. The molecule has 1 aromatic rings. The molecule has 0 radical (unpaired) electrons. The van der Waals surface area contributed by atoms with Gasteiger partial charge in [0, 0.05) is 13.6 Å². The van der Waals surface area contributed by atoms with Crippen LogP contribution in [0.15, 0.2) is 12.4 Å². The molecule has 5 nitrogen and oxygen atoms in total. The van der Waals surface area contributed by atoms with Crippen LogP contribution >= 0.6 is 0 Å². The summed E-state index contributed by atoms with van der Waals surface area (Å²) in [4.78, 5) is 20.2. The molecule has 1 heterocycles. The fourth-order valence-corrected chi connectivity index (χ4v) is 2.46. The second-order valence-corrected chi connectivity index (χ2v) is 5.38. The van der Waals surface area contributed by atoms with Gasteiger partial charge in [-0.15, -0.1) is 0 Å². The van der Waals surface area contributed by atoms with E-state index in [2.05, 4.69) is 27.5 Å². The van der Waals surface area contributed by atoms with E-state index in [0.717, 1.165) is 12.5 Å². The van der Waals surface area contributed by atoms with Gasteiger partial charge in [-0.05, 0) is 24.7 Å². The molecule has 1 amide bonds. The van der Waals surface area contributed by atoms with Crippen LogP contribution in [0, 0.1) is 11.8 Å². The number of anilines is 1. The topological polar surface area (TPSA) is 66.9 Å².